The van der Waals surface area contributed by atoms with Crippen molar-refractivity contribution >= 4 is 17.6 Å². The molecule has 0 aliphatic rings. The number of benzene rings is 2. The Bertz CT molecular complexity index is 742. The second kappa shape index (κ2) is 6.50. The number of carboxylic acid groups (broad SMARTS) is 1. The summed E-state index contributed by atoms with van der Waals surface area (Å²) in [6, 6.07) is 7.63. The van der Waals surface area contributed by atoms with Crippen molar-refractivity contribution in [2.45, 2.75) is 19.5 Å². The molecule has 0 heterocycles. The normalized spacial score (nSPS) is 11.3. The van der Waals surface area contributed by atoms with Gasteiger partial charge < -0.3 is 9.84 Å². The van der Waals surface area contributed by atoms with Crippen LogP contribution in [0.25, 0.3) is 0 Å². The summed E-state index contributed by atoms with van der Waals surface area (Å²) in [4.78, 5) is 10.9. The number of rotatable bonds is 4. The number of aliphatic carboxylic acids is 1. The van der Waals surface area contributed by atoms with Crippen LogP contribution in [0, 0.1) is 6.92 Å². The molecule has 0 bridgehead atoms. The lowest BCUT2D eigenvalue weighted by Gasteiger charge is -2.14. The highest BCUT2D eigenvalue weighted by Gasteiger charge is 2.31. The van der Waals surface area contributed by atoms with E-state index < -0.39 is 24.1 Å². The van der Waals surface area contributed by atoms with Crippen LogP contribution in [0.15, 0.2) is 36.4 Å². The third-order valence-corrected chi connectivity index (χ3v) is 3.33. The highest BCUT2D eigenvalue weighted by Crippen LogP contribution is 2.36. The summed E-state index contributed by atoms with van der Waals surface area (Å²) in [6.45, 7) is 1.82. The summed E-state index contributed by atoms with van der Waals surface area (Å²) in [7, 11) is 0. The maximum Gasteiger partial charge on any atom is 0.416 e. The van der Waals surface area contributed by atoms with Gasteiger partial charge in [-0.05, 0) is 42.8 Å². The molecule has 0 aliphatic heterocycles. The molecule has 0 saturated heterocycles. The van der Waals surface area contributed by atoms with Crippen molar-refractivity contribution in [3.8, 4) is 11.5 Å². The second-order valence-corrected chi connectivity index (χ2v) is 5.33. The predicted molar refractivity (Wildman–Crippen MR) is 79.0 cm³/mol. The maximum absolute atomic E-state index is 12.8. The number of halogens is 4. The summed E-state index contributed by atoms with van der Waals surface area (Å²) in [5.74, 6) is -1.00. The van der Waals surface area contributed by atoms with E-state index in [0.29, 0.717) is 0 Å². The van der Waals surface area contributed by atoms with Gasteiger partial charge in [-0.3, -0.25) is 4.79 Å². The third kappa shape index (κ3) is 4.39. The quantitative estimate of drug-likeness (QED) is 0.840. The van der Waals surface area contributed by atoms with E-state index in [-0.39, 0.29) is 22.1 Å². The van der Waals surface area contributed by atoms with Gasteiger partial charge >= 0.3 is 12.1 Å². The molecular weight excluding hydrogens is 333 g/mol. The van der Waals surface area contributed by atoms with E-state index in [1.54, 1.807) is 18.2 Å². The number of ether oxygens (including phenoxy) is 1. The van der Waals surface area contributed by atoms with Crippen molar-refractivity contribution in [2.24, 2.45) is 0 Å². The monoisotopic (exact) mass is 344 g/mol. The summed E-state index contributed by atoms with van der Waals surface area (Å²) >= 11 is 6.02. The van der Waals surface area contributed by atoms with E-state index in [0.717, 1.165) is 23.8 Å². The van der Waals surface area contributed by atoms with Gasteiger partial charge in [0.25, 0.3) is 0 Å². The molecule has 0 fully saturated rings. The molecule has 0 saturated carbocycles. The lowest BCUT2D eigenvalue weighted by atomic mass is 10.1. The first kappa shape index (κ1) is 17.1. The van der Waals surface area contributed by atoms with E-state index >= 15 is 0 Å². The van der Waals surface area contributed by atoms with Gasteiger partial charge in [0.2, 0.25) is 0 Å². The fourth-order valence-corrected chi connectivity index (χ4v) is 2.24. The first-order chi connectivity index (χ1) is 10.7. The van der Waals surface area contributed by atoms with Crippen LogP contribution in [0.4, 0.5) is 13.2 Å². The first-order valence-corrected chi connectivity index (χ1v) is 6.90. The zero-order valence-corrected chi connectivity index (χ0v) is 12.7. The Hall–Kier alpha value is -2.21. The zero-order chi connectivity index (χ0) is 17.2. The first-order valence-electron chi connectivity index (χ1n) is 6.53. The SMILES string of the molecule is Cc1ccc(Oc2ccc(C(F)(F)F)cc2CC(=O)O)c(Cl)c1. The average Bonchev–Trinajstić information content (AvgIpc) is 2.41. The van der Waals surface area contributed by atoms with Crippen LogP contribution in [-0.4, -0.2) is 11.1 Å². The van der Waals surface area contributed by atoms with Gasteiger partial charge in [0.15, 0.2) is 0 Å². The Morgan fingerprint density at radius 1 is 1.17 bits per heavy atom. The second-order valence-electron chi connectivity index (χ2n) is 4.93. The van der Waals surface area contributed by atoms with Gasteiger partial charge in [0.1, 0.15) is 11.5 Å². The molecule has 2 aromatic rings. The van der Waals surface area contributed by atoms with Crippen molar-refractivity contribution in [3.05, 3.63) is 58.1 Å². The van der Waals surface area contributed by atoms with Crippen LogP contribution < -0.4 is 4.74 Å². The largest absolute Gasteiger partial charge is 0.481 e. The van der Waals surface area contributed by atoms with E-state index in [4.69, 9.17) is 21.4 Å². The average molecular weight is 345 g/mol. The van der Waals surface area contributed by atoms with Crippen molar-refractivity contribution < 1.29 is 27.8 Å². The number of alkyl halides is 3. The molecular formula is C16H12ClF3O3. The minimum atomic E-state index is -4.56. The van der Waals surface area contributed by atoms with E-state index in [1.165, 1.54) is 0 Å². The van der Waals surface area contributed by atoms with Gasteiger partial charge in [-0.2, -0.15) is 13.2 Å². The summed E-state index contributed by atoms with van der Waals surface area (Å²) in [6.07, 6.45) is -5.16. The Kier molecular flexibility index (Phi) is 4.85. The molecule has 1 N–H and O–H groups in total. The third-order valence-electron chi connectivity index (χ3n) is 3.04. The summed E-state index contributed by atoms with van der Waals surface area (Å²) < 4.78 is 43.8. The molecule has 2 aromatic carbocycles. The zero-order valence-electron chi connectivity index (χ0n) is 11.9. The Labute approximate surface area is 135 Å². The molecule has 3 nitrogen and oxygen atoms in total. The van der Waals surface area contributed by atoms with Gasteiger partial charge in [-0.25, -0.2) is 0 Å². The Morgan fingerprint density at radius 2 is 1.83 bits per heavy atom. The topological polar surface area (TPSA) is 46.5 Å². The van der Waals surface area contributed by atoms with E-state index in [9.17, 15) is 18.0 Å². The van der Waals surface area contributed by atoms with E-state index in [2.05, 4.69) is 0 Å². The molecule has 2 rings (SSSR count). The van der Waals surface area contributed by atoms with Crippen LogP contribution >= 0.6 is 11.6 Å². The number of hydrogen-bond donors (Lipinski definition) is 1. The molecule has 23 heavy (non-hydrogen) atoms. The predicted octanol–water partition coefficient (Wildman–Crippen LogP) is 5.09. The molecule has 0 aliphatic carbocycles. The molecule has 122 valence electrons. The minimum absolute atomic E-state index is 0.0196. The van der Waals surface area contributed by atoms with Crippen LogP contribution in [0.1, 0.15) is 16.7 Å². The van der Waals surface area contributed by atoms with Crippen molar-refractivity contribution in [1.29, 1.82) is 0 Å². The Morgan fingerprint density at radius 3 is 2.39 bits per heavy atom. The summed E-state index contributed by atoms with van der Waals surface area (Å²) in [5.41, 5.74) is -0.124. The maximum atomic E-state index is 12.8. The smallest absolute Gasteiger partial charge is 0.416 e. The van der Waals surface area contributed by atoms with Gasteiger partial charge in [0.05, 0.1) is 17.0 Å². The van der Waals surface area contributed by atoms with Gasteiger partial charge in [-0.15, -0.1) is 0 Å². The van der Waals surface area contributed by atoms with Crippen LogP contribution in [0.5, 0.6) is 11.5 Å². The standard InChI is InChI=1S/C16H12ClF3O3/c1-9-2-4-14(12(17)6-9)23-13-5-3-11(16(18,19)20)7-10(13)8-15(21)22/h2-7H,8H2,1H3,(H,21,22). The summed E-state index contributed by atoms with van der Waals surface area (Å²) in [5, 5.41) is 9.16. The fraction of sp³-hybridized carbons (Fsp3) is 0.188. The molecule has 0 amide bonds. The van der Waals surface area contributed by atoms with Crippen molar-refractivity contribution in [2.75, 3.05) is 0 Å². The Balaban J connectivity index is 2.42. The highest BCUT2D eigenvalue weighted by atomic mass is 35.5. The molecule has 7 heteroatoms. The van der Waals surface area contributed by atoms with Crippen LogP contribution in [0.3, 0.4) is 0 Å². The number of hydrogen-bond acceptors (Lipinski definition) is 2. The lowest BCUT2D eigenvalue weighted by Crippen LogP contribution is -2.08. The molecule has 0 atom stereocenters. The van der Waals surface area contributed by atoms with E-state index in [1.807, 2.05) is 6.92 Å². The van der Waals surface area contributed by atoms with Crippen molar-refractivity contribution in [3.63, 3.8) is 0 Å². The van der Waals surface area contributed by atoms with Gasteiger partial charge in [-0.1, -0.05) is 17.7 Å². The molecule has 0 spiro atoms. The van der Waals surface area contributed by atoms with Crippen LogP contribution in [-0.2, 0) is 17.4 Å². The fourth-order valence-electron chi connectivity index (χ4n) is 1.96. The van der Waals surface area contributed by atoms with Crippen molar-refractivity contribution in [1.82, 2.24) is 0 Å². The molecule has 0 radical (unpaired) electrons. The molecule has 0 aromatic heterocycles. The lowest BCUT2D eigenvalue weighted by molar-refractivity contribution is -0.138. The molecule has 0 unspecified atom stereocenters. The van der Waals surface area contributed by atoms with Gasteiger partial charge in [0, 0.05) is 5.56 Å². The van der Waals surface area contributed by atoms with Crippen LogP contribution in [0.2, 0.25) is 5.02 Å². The number of carboxylic acids is 1. The minimum Gasteiger partial charge on any atom is -0.481 e. The number of aryl methyl sites for hydroxylation is 1. The highest BCUT2D eigenvalue weighted by molar-refractivity contribution is 6.32. The number of carbonyl (C=O) groups is 1.